The van der Waals surface area contributed by atoms with Crippen LogP contribution in [0.2, 0.25) is 0 Å². The number of alkyl halides is 3. The van der Waals surface area contributed by atoms with Crippen molar-refractivity contribution in [2.45, 2.75) is 83.3 Å². The molecule has 0 radical (unpaired) electrons. The van der Waals surface area contributed by atoms with Crippen LogP contribution in [0.3, 0.4) is 0 Å². The van der Waals surface area contributed by atoms with Gasteiger partial charge in [-0.15, -0.1) is 0 Å². The minimum Gasteiger partial charge on any atom is -0.331 e. The Hall–Kier alpha value is -1.11. The number of benzene rings is 1. The van der Waals surface area contributed by atoms with E-state index in [1.54, 1.807) is 27.4 Å². The van der Waals surface area contributed by atoms with Gasteiger partial charge in [0.05, 0.1) is 5.56 Å². The van der Waals surface area contributed by atoms with Crippen molar-refractivity contribution in [2.75, 3.05) is 21.3 Å². The van der Waals surface area contributed by atoms with E-state index in [-0.39, 0.29) is 5.92 Å². The molecule has 0 aliphatic heterocycles. The molecule has 0 saturated carbocycles. The van der Waals surface area contributed by atoms with E-state index in [0.717, 1.165) is 38.2 Å². The maximum atomic E-state index is 12.9. The van der Waals surface area contributed by atoms with Crippen LogP contribution in [-0.4, -0.2) is 27.3 Å². The van der Waals surface area contributed by atoms with Crippen molar-refractivity contribution < 1.29 is 27.4 Å². The van der Waals surface area contributed by atoms with E-state index >= 15 is 0 Å². The molecular formula is C23H37F3O3. The van der Waals surface area contributed by atoms with Gasteiger partial charge in [-0.05, 0) is 37.3 Å². The van der Waals surface area contributed by atoms with E-state index in [0.29, 0.717) is 12.0 Å². The number of halogens is 3. The number of ether oxygens (including phenoxy) is 3. The number of unbranched alkanes of at least 4 members (excludes halogenated alkanes) is 5. The van der Waals surface area contributed by atoms with Crippen molar-refractivity contribution in [3.63, 3.8) is 0 Å². The molecule has 0 aromatic heterocycles. The SMILES string of the molecule is CCCCCCCCC(CCCc1cccc(C(F)(F)F)c1)C(OC)(OC)OC. The molecule has 3 nitrogen and oxygen atoms in total. The fraction of sp³-hybridized carbons (Fsp3) is 0.739. The molecule has 0 N–H and O–H groups in total. The molecule has 0 aliphatic rings. The average molecular weight is 419 g/mol. The topological polar surface area (TPSA) is 27.7 Å². The van der Waals surface area contributed by atoms with E-state index in [1.165, 1.54) is 37.8 Å². The van der Waals surface area contributed by atoms with E-state index in [1.807, 2.05) is 0 Å². The van der Waals surface area contributed by atoms with Gasteiger partial charge in [-0.2, -0.15) is 13.2 Å². The summed E-state index contributed by atoms with van der Waals surface area (Å²) in [6.07, 6.45) is 5.79. The zero-order chi connectivity index (χ0) is 21.8. The summed E-state index contributed by atoms with van der Waals surface area (Å²) in [6.45, 7) is 2.20. The van der Waals surface area contributed by atoms with Gasteiger partial charge in [-0.1, -0.05) is 63.6 Å². The second-order valence-corrected chi connectivity index (χ2v) is 7.56. The molecule has 1 rings (SSSR count). The molecule has 0 fully saturated rings. The van der Waals surface area contributed by atoms with E-state index in [9.17, 15) is 13.2 Å². The Kier molecular flexibility index (Phi) is 11.8. The lowest BCUT2D eigenvalue weighted by Gasteiger charge is -2.36. The van der Waals surface area contributed by atoms with Gasteiger partial charge in [0.1, 0.15) is 0 Å². The Morgan fingerprint density at radius 1 is 0.828 bits per heavy atom. The quantitative estimate of drug-likeness (QED) is 0.227. The lowest BCUT2D eigenvalue weighted by molar-refractivity contribution is -0.380. The van der Waals surface area contributed by atoms with Crippen molar-refractivity contribution in [1.29, 1.82) is 0 Å². The second kappa shape index (κ2) is 13.2. The zero-order valence-corrected chi connectivity index (χ0v) is 18.3. The molecule has 6 heteroatoms. The smallest absolute Gasteiger partial charge is 0.331 e. The minimum absolute atomic E-state index is 0.0134. The van der Waals surface area contributed by atoms with Crippen molar-refractivity contribution in [3.8, 4) is 0 Å². The lowest BCUT2D eigenvalue weighted by Crippen LogP contribution is -2.44. The van der Waals surface area contributed by atoms with Gasteiger partial charge in [-0.25, -0.2) is 0 Å². The first-order chi connectivity index (χ1) is 13.8. The first-order valence-electron chi connectivity index (χ1n) is 10.6. The van der Waals surface area contributed by atoms with Crippen LogP contribution in [0.25, 0.3) is 0 Å². The normalized spacial score (nSPS) is 13.6. The largest absolute Gasteiger partial charge is 0.416 e. The van der Waals surface area contributed by atoms with E-state index in [4.69, 9.17) is 14.2 Å². The number of aryl methyl sites for hydroxylation is 1. The zero-order valence-electron chi connectivity index (χ0n) is 18.3. The molecule has 0 bridgehead atoms. The standard InChI is InChI=1S/C23H37F3O3/c1-5-6-7-8-9-10-15-20(23(27-2,28-3)29-4)16-11-13-19-14-12-17-21(18-19)22(24,25)26/h12,14,17-18,20H,5-11,13,15-16H2,1-4H3. The van der Waals surface area contributed by atoms with Gasteiger partial charge < -0.3 is 14.2 Å². The van der Waals surface area contributed by atoms with Gasteiger partial charge in [0, 0.05) is 27.2 Å². The monoisotopic (exact) mass is 418 g/mol. The van der Waals surface area contributed by atoms with Crippen molar-refractivity contribution >= 4 is 0 Å². The summed E-state index contributed by atoms with van der Waals surface area (Å²) in [6, 6.07) is 5.56. The first-order valence-corrected chi connectivity index (χ1v) is 10.6. The Bertz CT molecular complexity index is 548. The summed E-state index contributed by atoms with van der Waals surface area (Å²) in [5.41, 5.74) is 0.0923. The molecule has 0 aliphatic carbocycles. The summed E-state index contributed by atoms with van der Waals surface area (Å²) in [4.78, 5) is 0. The third-order valence-electron chi connectivity index (χ3n) is 5.53. The summed E-state index contributed by atoms with van der Waals surface area (Å²) in [5, 5.41) is 0. The molecule has 0 spiro atoms. The molecule has 0 saturated heterocycles. The highest BCUT2D eigenvalue weighted by molar-refractivity contribution is 5.25. The van der Waals surface area contributed by atoms with Crippen LogP contribution in [-0.2, 0) is 26.8 Å². The molecule has 1 unspecified atom stereocenters. The molecular weight excluding hydrogens is 381 g/mol. The Balaban J connectivity index is 2.67. The van der Waals surface area contributed by atoms with Crippen LogP contribution in [0, 0.1) is 5.92 Å². The fourth-order valence-electron chi connectivity index (χ4n) is 3.87. The van der Waals surface area contributed by atoms with E-state index in [2.05, 4.69) is 6.92 Å². The van der Waals surface area contributed by atoms with E-state index < -0.39 is 17.7 Å². The highest BCUT2D eigenvalue weighted by atomic mass is 19.4. The number of rotatable bonds is 15. The second-order valence-electron chi connectivity index (χ2n) is 7.56. The third-order valence-corrected chi connectivity index (χ3v) is 5.53. The van der Waals surface area contributed by atoms with Gasteiger partial charge >= 0.3 is 6.18 Å². The minimum atomic E-state index is -4.31. The van der Waals surface area contributed by atoms with Crippen LogP contribution >= 0.6 is 0 Å². The first kappa shape index (κ1) is 25.9. The number of hydrogen-bond donors (Lipinski definition) is 0. The van der Waals surface area contributed by atoms with Crippen molar-refractivity contribution in [2.24, 2.45) is 5.92 Å². The molecule has 168 valence electrons. The maximum Gasteiger partial charge on any atom is 0.416 e. The summed E-state index contributed by atoms with van der Waals surface area (Å²) in [7, 11) is 4.69. The predicted molar refractivity (Wildman–Crippen MR) is 110 cm³/mol. The number of hydrogen-bond acceptors (Lipinski definition) is 3. The van der Waals surface area contributed by atoms with Gasteiger partial charge in [0.2, 0.25) is 0 Å². The third kappa shape index (κ3) is 8.65. The summed E-state index contributed by atoms with van der Waals surface area (Å²) >= 11 is 0. The van der Waals surface area contributed by atoms with Crippen molar-refractivity contribution in [1.82, 2.24) is 0 Å². The number of methoxy groups -OCH3 is 3. The highest BCUT2D eigenvalue weighted by Crippen LogP contribution is 2.33. The summed E-state index contributed by atoms with van der Waals surface area (Å²) in [5.74, 6) is -1.10. The molecule has 1 atom stereocenters. The Morgan fingerprint density at radius 3 is 2.00 bits per heavy atom. The van der Waals surface area contributed by atoms with Crippen LogP contribution in [0.15, 0.2) is 24.3 Å². The maximum absolute atomic E-state index is 12.9. The Labute approximate surface area is 173 Å². The van der Waals surface area contributed by atoms with Crippen LogP contribution in [0.5, 0.6) is 0 Å². The molecule has 1 aromatic rings. The van der Waals surface area contributed by atoms with Gasteiger partial charge in [-0.3, -0.25) is 0 Å². The lowest BCUT2D eigenvalue weighted by atomic mass is 9.91. The Morgan fingerprint density at radius 2 is 1.41 bits per heavy atom. The molecule has 29 heavy (non-hydrogen) atoms. The molecule has 0 heterocycles. The van der Waals surface area contributed by atoms with Crippen LogP contribution in [0.1, 0.15) is 75.8 Å². The fourth-order valence-corrected chi connectivity index (χ4v) is 3.87. The van der Waals surface area contributed by atoms with Crippen LogP contribution in [0.4, 0.5) is 13.2 Å². The van der Waals surface area contributed by atoms with Gasteiger partial charge in [0.15, 0.2) is 0 Å². The van der Waals surface area contributed by atoms with Crippen LogP contribution < -0.4 is 0 Å². The van der Waals surface area contributed by atoms with Gasteiger partial charge in [0.25, 0.3) is 5.97 Å². The average Bonchev–Trinajstić information content (AvgIpc) is 2.71. The molecule has 0 amide bonds. The van der Waals surface area contributed by atoms with Crippen molar-refractivity contribution in [3.05, 3.63) is 35.4 Å². The highest BCUT2D eigenvalue weighted by Gasteiger charge is 2.39. The predicted octanol–water partition coefficient (Wildman–Crippen LogP) is 6.99. The summed E-state index contributed by atoms with van der Waals surface area (Å²) < 4.78 is 55.4. The molecule has 1 aromatic carbocycles.